The molecule has 2 saturated heterocycles. The van der Waals surface area contributed by atoms with E-state index in [2.05, 4.69) is 96.0 Å². The van der Waals surface area contributed by atoms with E-state index < -0.39 is 0 Å². The van der Waals surface area contributed by atoms with E-state index >= 15 is 0 Å². The summed E-state index contributed by atoms with van der Waals surface area (Å²) in [5.41, 5.74) is 6.41. The second-order valence-corrected chi connectivity index (χ2v) is 8.81. The molecule has 3 heterocycles. The van der Waals surface area contributed by atoms with Gasteiger partial charge in [-0.25, -0.2) is 4.68 Å². The first-order valence-corrected chi connectivity index (χ1v) is 10.7. The highest BCUT2D eigenvalue weighted by atomic mass is 15.3. The molecule has 2 aromatic carbocycles. The summed E-state index contributed by atoms with van der Waals surface area (Å²) in [6.07, 6.45) is 0. The van der Waals surface area contributed by atoms with E-state index in [1.54, 1.807) is 0 Å². The summed E-state index contributed by atoms with van der Waals surface area (Å²) in [7, 11) is 2.29. The third-order valence-electron chi connectivity index (χ3n) is 6.93. The maximum atomic E-state index is 4.85. The number of aryl methyl sites for hydroxylation is 1. The lowest BCUT2D eigenvalue weighted by molar-refractivity contribution is 0.224. The Morgan fingerprint density at radius 1 is 0.897 bits per heavy atom. The van der Waals surface area contributed by atoms with Crippen LogP contribution in [0.1, 0.15) is 28.6 Å². The molecular formula is C25H30N4. The zero-order valence-corrected chi connectivity index (χ0v) is 17.6. The van der Waals surface area contributed by atoms with Crippen molar-refractivity contribution in [2.45, 2.75) is 26.4 Å². The van der Waals surface area contributed by atoms with Crippen molar-refractivity contribution in [1.29, 1.82) is 0 Å². The lowest BCUT2D eigenvalue weighted by atomic mass is 9.90. The summed E-state index contributed by atoms with van der Waals surface area (Å²) < 4.78 is 2.10. The molecule has 0 saturated carbocycles. The van der Waals surface area contributed by atoms with Crippen LogP contribution < -0.4 is 0 Å². The fourth-order valence-electron chi connectivity index (χ4n) is 5.58. The van der Waals surface area contributed by atoms with Crippen LogP contribution in [0.25, 0.3) is 5.69 Å². The van der Waals surface area contributed by atoms with Gasteiger partial charge in [0.1, 0.15) is 0 Å². The number of aromatic nitrogens is 2. The Balaban J connectivity index is 1.35. The molecule has 0 amide bonds. The minimum Gasteiger partial charge on any atom is -0.299 e. The van der Waals surface area contributed by atoms with Crippen LogP contribution in [-0.2, 0) is 6.54 Å². The molecule has 0 spiro atoms. The molecule has 5 rings (SSSR count). The second-order valence-electron chi connectivity index (χ2n) is 8.81. The van der Waals surface area contributed by atoms with Gasteiger partial charge < -0.3 is 0 Å². The topological polar surface area (TPSA) is 24.3 Å². The van der Waals surface area contributed by atoms with E-state index in [9.17, 15) is 0 Å². The molecule has 3 atom stereocenters. The van der Waals surface area contributed by atoms with E-state index in [0.717, 1.165) is 23.8 Å². The predicted molar refractivity (Wildman–Crippen MR) is 117 cm³/mol. The third kappa shape index (κ3) is 3.30. The summed E-state index contributed by atoms with van der Waals surface area (Å²) in [5.74, 6) is 1.47. The van der Waals surface area contributed by atoms with Crippen LogP contribution in [0.3, 0.4) is 0 Å². The van der Waals surface area contributed by atoms with Crippen molar-refractivity contribution in [3.63, 3.8) is 0 Å². The van der Waals surface area contributed by atoms with Gasteiger partial charge in [0.2, 0.25) is 0 Å². The van der Waals surface area contributed by atoms with Gasteiger partial charge in [-0.05, 0) is 50.4 Å². The minimum absolute atomic E-state index is 0.542. The average molecular weight is 387 g/mol. The van der Waals surface area contributed by atoms with E-state index in [0.29, 0.717) is 12.0 Å². The highest BCUT2D eigenvalue weighted by molar-refractivity contribution is 5.37. The number of benzene rings is 2. The van der Waals surface area contributed by atoms with Gasteiger partial charge in [0.05, 0.1) is 11.4 Å². The fourth-order valence-corrected chi connectivity index (χ4v) is 5.58. The Morgan fingerprint density at radius 3 is 2.31 bits per heavy atom. The van der Waals surface area contributed by atoms with Crippen molar-refractivity contribution < 1.29 is 0 Å². The van der Waals surface area contributed by atoms with Crippen molar-refractivity contribution in [2.24, 2.45) is 11.8 Å². The molecule has 29 heavy (non-hydrogen) atoms. The van der Waals surface area contributed by atoms with Crippen LogP contribution in [0.2, 0.25) is 0 Å². The first-order chi connectivity index (χ1) is 14.1. The molecule has 0 unspecified atom stereocenters. The molecule has 4 heteroatoms. The molecule has 0 bridgehead atoms. The van der Waals surface area contributed by atoms with E-state index in [-0.39, 0.29) is 0 Å². The normalized spacial score (nSPS) is 24.9. The molecule has 0 radical (unpaired) electrons. The third-order valence-corrected chi connectivity index (χ3v) is 6.93. The molecule has 3 aromatic rings. The van der Waals surface area contributed by atoms with Gasteiger partial charge in [0, 0.05) is 43.5 Å². The number of hydrogen-bond acceptors (Lipinski definition) is 3. The first-order valence-electron chi connectivity index (χ1n) is 10.7. The number of rotatable bonds is 4. The lowest BCUT2D eigenvalue weighted by Crippen LogP contribution is -2.29. The molecular weight excluding hydrogens is 356 g/mol. The van der Waals surface area contributed by atoms with Crippen molar-refractivity contribution >= 4 is 0 Å². The van der Waals surface area contributed by atoms with Gasteiger partial charge >= 0.3 is 0 Å². The molecule has 150 valence electrons. The second kappa shape index (κ2) is 7.43. The summed E-state index contributed by atoms with van der Waals surface area (Å²) in [4.78, 5) is 5.22. The molecule has 2 aliphatic rings. The lowest BCUT2D eigenvalue weighted by Gasteiger charge is -2.27. The maximum Gasteiger partial charge on any atom is 0.0648 e. The molecule has 2 fully saturated rings. The smallest absolute Gasteiger partial charge is 0.0648 e. The highest BCUT2D eigenvalue weighted by Crippen LogP contribution is 2.44. The Kier molecular flexibility index (Phi) is 4.76. The van der Waals surface area contributed by atoms with Crippen LogP contribution in [0.4, 0.5) is 0 Å². The standard InChI is InChI=1S/C25H30N4/c1-18-23(19(2)29(26-18)22-12-8-5-9-13-22)16-28-15-21-14-27(3)25(24(21)17-28)20-10-6-4-7-11-20/h4-13,21,24-25H,14-17H2,1-3H3/t21-,24+,25-/m0/s1. The quantitative estimate of drug-likeness (QED) is 0.671. The summed E-state index contributed by atoms with van der Waals surface area (Å²) in [5, 5.41) is 4.85. The van der Waals surface area contributed by atoms with Crippen molar-refractivity contribution in [3.8, 4) is 5.69 Å². The summed E-state index contributed by atoms with van der Waals surface area (Å²) in [6, 6.07) is 22.1. The van der Waals surface area contributed by atoms with Gasteiger partial charge in [-0.1, -0.05) is 48.5 Å². The van der Waals surface area contributed by atoms with Crippen LogP contribution in [0.5, 0.6) is 0 Å². The van der Waals surface area contributed by atoms with Crippen molar-refractivity contribution in [2.75, 3.05) is 26.7 Å². The Bertz CT molecular complexity index is 979. The minimum atomic E-state index is 0.542. The Morgan fingerprint density at radius 2 is 1.59 bits per heavy atom. The molecule has 1 aromatic heterocycles. The van der Waals surface area contributed by atoms with Crippen molar-refractivity contribution in [1.82, 2.24) is 19.6 Å². The zero-order chi connectivity index (χ0) is 20.0. The number of para-hydroxylation sites is 1. The SMILES string of the molecule is Cc1nn(-c2ccccc2)c(C)c1CN1C[C@@H]2CN(C)[C@@H](c3ccccc3)[C@@H]2C1. The number of likely N-dealkylation sites (tertiary alicyclic amines) is 2. The molecule has 0 aliphatic carbocycles. The van der Waals surface area contributed by atoms with Gasteiger partial charge in [0.25, 0.3) is 0 Å². The van der Waals surface area contributed by atoms with Crippen molar-refractivity contribution in [3.05, 3.63) is 83.2 Å². The Hall–Kier alpha value is -2.43. The van der Waals surface area contributed by atoms with Crippen LogP contribution >= 0.6 is 0 Å². The van der Waals surface area contributed by atoms with Gasteiger partial charge in [0.15, 0.2) is 0 Å². The van der Waals surface area contributed by atoms with Crippen LogP contribution in [0, 0.1) is 25.7 Å². The monoisotopic (exact) mass is 386 g/mol. The van der Waals surface area contributed by atoms with E-state index in [4.69, 9.17) is 5.10 Å². The predicted octanol–water partition coefficient (Wildman–Crippen LogP) is 4.22. The average Bonchev–Trinajstić information content (AvgIpc) is 3.35. The van der Waals surface area contributed by atoms with Gasteiger partial charge in [-0.2, -0.15) is 5.10 Å². The fraction of sp³-hybridized carbons (Fsp3) is 0.400. The number of fused-ring (bicyclic) bond motifs is 1. The van der Waals surface area contributed by atoms with Gasteiger partial charge in [-0.3, -0.25) is 9.80 Å². The largest absolute Gasteiger partial charge is 0.299 e. The Labute approximate surface area is 173 Å². The molecule has 2 aliphatic heterocycles. The maximum absolute atomic E-state index is 4.85. The molecule has 0 N–H and O–H groups in total. The zero-order valence-electron chi connectivity index (χ0n) is 17.6. The molecule has 4 nitrogen and oxygen atoms in total. The summed E-state index contributed by atoms with van der Waals surface area (Å²) >= 11 is 0. The van der Waals surface area contributed by atoms with Crippen LogP contribution in [0.15, 0.2) is 60.7 Å². The number of nitrogens with zero attached hydrogens (tertiary/aromatic N) is 4. The van der Waals surface area contributed by atoms with Gasteiger partial charge in [-0.15, -0.1) is 0 Å². The summed E-state index contributed by atoms with van der Waals surface area (Å²) in [6.45, 7) is 8.92. The van der Waals surface area contributed by atoms with E-state index in [1.807, 2.05) is 0 Å². The highest BCUT2D eigenvalue weighted by Gasteiger charge is 2.46. The number of hydrogen-bond donors (Lipinski definition) is 0. The van der Waals surface area contributed by atoms with E-state index in [1.165, 1.54) is 36.5 Å². The first kappa shape index (κ1) is 18.6. The van der Waals surface area contributed by atoms with Crippen LogP contribution in [-0.4, -0.2) is 46.3 Å².